The van der Waals surface area contributed by atoms with E-state index in [0.29, 0.717) is 32.6 Å². The normalized spacial score (nSPS) is 21.8. The summed E-state index contributed by atoms with van der Waals surface area (Å²) in [4.78, 5) is 10.6. The van der Waals surface area contributed by atoms with Crippen LogP contribution < -0.4 is 10.1 Å². The summed E-state index contributed by atoms with van der Waals surface area (Å²) in [6.07, 6.45) is 7.48. The number of aliphatic hydroxyl groups excluding tert-OH is 1. The quantitative estimate of drug-likeness (QED) is 0.207. The van der Waals surface area contributed by atoms with E-state index in [4.69, 9.17) is 9.84 Å². The Bertz CT molecular complexity index is 657. The molecule has 1 fully saturated rings. The summed E-state index contributed by atoms with van der Waals surface area (Å²) in [6.45, 7) is 3.82. The van der Waals surface area contributed by atoms with Gasteiger partial charge >= 0.3 is 5.97 Å². The molecule has 0 radical (unpaired) electrons. The fourth-order valence-electron chi connectivity index (χ4n) is 4.18. The number of nitrogens with zero attached hydrogens (tertiary/aromatic N) is 1. The standard InChI is InChI=1S/C24H40N2O5/c1-2-3-10-20-11-8-9-13-23(20)31-18-22(27)15-16-26(30)19-25-17-21(26)12-6-4-5-7-14-24(28)29/h8-9,11,13,21-22,25,27H,2-7,10,12,14-19H2,1H3,(H,28,29). The molecule has 0 amide bonds. The highest BCUT2D eigenvalue weighted by atomic mass is 16.6. The molecule has 1 aromatic carbocycles. The van der Waals surface area contributed by atoms with E-state index >= 15 is 0 Å². The smallest absolute Gasteiger partial charge is 0.303 e. The van der Waals surface area contributed by atoms with Gasteiger partial charge in [-0.2, -0.15) is 0 Å². The van der Waals surface area contributed by atoms with Gasteiger partial charge in [0, 0.05) is 19.3 Å². The predicted octanol–water partition coefficient (Wildman–Crippen LogP) is 3.83. The number of carboxylic acid groups (broad SMARTS) is 1. The second-order valence-corrected chi connectivity index (χ2v) is 8.75. The molecule has 0 aromatic heterocycles. The van der Waals surface area contributed by atoms with Crippen molar-refractivity contribution in [3.63, 3.8) is 0 Å². The van der Waals surface area contributed by atoms with E-state index in [0.717, 1.165) is 56.3 Å². The Morgan fingerprint density at radius 1 is 1.26 bits per heavy atom. The van der Waals surface area contributed by atoms with Crippen molar-refractivity contribution >= 4 is 5.97 Å². The lowest BCUT2D eigenvalue weighted by Crippen LogP contribution is -2.49. The number of nitrogens with one attached hydrogen (secondary N) is 1. The van der Waals surface area contributed by atoms with Crippen LogP contribution in [-0.2, 0) is 11.2 Å². The van der Waals surface area contributed by atoms with Crippen LogP contribution in [0.1, 0.15) is 70.3 Å². The van der Waals surface area contributed by atoms with Crippen LogP contribution in [0, 0.1) is 5.21 Å². The third-order valence-corrected chi connectivity index (χ3v) is 6.15. The number of carboxylic acids is 1. The summed E-state index contributed by atoms with van der Waals surface area (Å²) in [5, 5.41) is 35.5. The molecule has 1 saturated heterocycles. The summed E-state index contributed by atoms with van der Waals surface area (Å²) in [5.74, 6) is 0.0758. The Hall–Kier alpha value is -1.67. The zero-order valence-corrected chi connectivity index (χ0v) is 18.9. The second kappa shape index (κ2) is 13.7. The number of hydrogen-bond donors (Lipinski definition) is 3. The molecule has 1 heterocycles. The van der Waals surface area contributed by atoms with Gasteiger partial charge in [-0.05, 0) is 37.3 Å². The number of aryl methyl sites for hydroxylation is 1. The summed E-state index contributed by atoms with van der Waals surface area (Å²) in [5.41, 5.74) is 1.16. The minimum atomic E-state index is -0.748. The molecule has 2 rings (SSSR count). The van der Waals surface area contributed by atoms with Crippen LogP contribution in [0.25, 0.3) is 0 Å². The molecule has 1 aliphatic rings. The van der Waals surface area contributed by atoms with Gasteiger partial charge in [-0.3, -0.25) is 10.1 Å². The van der Waals surface area contributed by atoms with E-state index in [-0.39, 0.29) is 23.7 Å². The molecular formula is C24H40N2O5. The lowest BCUT2D eigenvalue weighted by Gasteiger charge is -2.43. The van der Waals surface area contributed by atoms with Crippen LogP contribution in [0.15, 0.2) is 24.3 Å². The van der Waals surface area contributed by atoms with E-state index in [1.54, 1.807) is 0 Å². The topological polar surface area (TPSA) is 102 Å². The second-order valence-electron chi connectivity index (χ2n) is 8.75. The minimum absolute atomic E-state index is 0.00219. The first-order chi connectivity index (χ1) is 14.9. The number of ether oxygens (including phenoxy) is 1. The molecule has 1 aliphatic heterocycles. The van der Waals surface area contributed by atoms with Crippen LogP contribution in [0.4, 0.5) is 0 Å². The van der Waals surface area contributed by atoms with Crippen molar-refractivity contribution in [3.8, 4) is 5.75 Å². The van der Waals surface area contributed by atoms with E-state index in [1.807, 2.05) is 18.2 Å². The Labute approximate surface area is 186 Å². The number of hydroxylamine groups is 3. The fraction of sp³-hybridized carbons (Fsp3) is 0.708. The molecule has 3 atom stereocenters. The number of aliphatic hydroxyl groups is 1. The number of quaternary nitrogens is 1. The highest BCUT2D eigenvalue weighted by Crippen LogP contribution is 2.24. The van der Waals surface area contributed by atoms with Crippen molar-refractivity contribution in [1.29, 1.82) is 0 Å². The molecule has 3 unspecified atom stereocenters. The van der Waals surface area contributed by atoms with Crippen LogP contribution in [0.5, 0.6) is 5.75 Å². The SMILES string of the molecule is CCCCc1ccccc1OCC(O)CC[N+]1([O-])CNCC1CCCCCCC(=O)O. The van der Waals surface area contributed by atoms with Crippen LogP contribution in [0.2, 0.25) is 0 Å². The average Bonchev–Trinajstić information content (AvgIpc) is 3.12. The van der Waals surface area contributed by atoms with Crippen LogP contribution in [0.3, 0.4) is 0 Å². The van der Waals surface area contributed by atoms with E-state index < -0.39 is 12.1 Å². The van der Waals surface area contributed by atoms with Gasteiger partial charge in [0.15, 0.2) is 0 Å². The number of unbranched alkanes of at least 4 members (excludes halogenated alkanes) is 4. The Kier molecular flexibility index (Phi) is 11.3. The summed E-state index contributed by atoms with van der Waals surface area (Å²) < 4.78 is 5.57. The first kappa shape index (κ1) is 25.6. The predicted molar refractivity (Wildman–Crippen MR) is 122 cm³/mol. The summed E-state index contributed by atoms with van der Waals surface area (Å²) >= 11 is 0. The van der Waals surface area contributed by atoms with Gasteiger partial charge in [-0.1, -0.05) is 44.4 Å². The molecule has 1 aromatic rings. The molecule has 31 heavy (non-hydrogen) atoms. The van der Waals surface area contributed by atoms with Crippen molar-refractivity contribution in [2.24, 2.45) is 0 Å². The number of hydrogen-bond acceptors (Lipinski definition) is 5. The molecule has 0 saturated carbocycles. The first-order valence-corrected chi connectivity index (χ1v) is 11.8. The molecule has 0 aliphatic carbocycles. The summed E-state index contributed by atoms with van der Waals surface area (Å²) in [6, 6.07) is 7.96. The van der Waals surface area contributed by atoms with Gasteiger partial charge in [0.25, 0.3) is 0 Å². The van der Waals surface area contributed by atoms with Gasteiger partial charge in [0.2, 0.25) is 0 Å². The monoisotopic (exact) mass is 436 g/mol. The van der Waals surface area contributed by atoms with E-state index in [1.165, 1.54) is 0 Å². The highest BCUT2D eigenvalue weighted by Gasteiger charge is 2.34. The van der Waals surface area contributed by atoms with E-state index in [9.17, 15) is 15.1 Å². The molecule has 7 heteroatoms. The number of carbonyl (C=O) groups is 1. The Morgan fingerprint density at radius 3 is 2.81 bits per heavy atom. The summed E-state index contributed by atoms with van der Waals surface area (Å²) in [7, 11) is 0. The molecule has 3 N–H and O–H groups in total. The maximum atomic E-state index is 13.2. The number of aliphatic carboxylic acids is 1. The van der Waals surface area contributed by atoms with Gasteiger partial charge < -0.3 is 24.8 Å². The van der Waals surface area contributed by atoms with Gasteiger partial charge in [0.05, 0.1) is 19.2 Å². The third kappa shape index (κ3) is 9.15. The number of para-hydroxylation sites is 1. The Balaban J connectivity index is 1.71. The number of rotatable bonds is 16. The van der Waals surface area contributed by atoms with Crippen LogP contribution >= 0.6 is 0 Å². The molecule has 7 nitrogen and oxygen atoms in total. The van der Waals surface area contributed by atoms with Gasteiger partial charge in [-0.15, -0.1) is 0 Å². The van der Waals surface area contributed by atoms with Crippen molar-refractivity contribution in [2.75, 3.05) is 26.4 Å². The van der Waals surface area contributed by atoms with Crippen molar-refractivity contribution in [1.82, 2.24) is 5.32 Å². The largest absolute Gasteiger partial charge is 0.632 e. The first-order valence-electron chi connectivity index (χ1n) is 11.8. The van der Waals surface area contributed by atoms with Crippen molar-refractivity contribution in [3.05, 3.63) is 35.0 Å². The maximum Gasteiger partial charge on any atom is 0.303 e. The average molecular weight is 437 g/mol. The molecule has 0 bridgehead atoms. The lowest BCUT2D eigenvalue weighted by molar-refractivity contribution is -0.893. The van der Waals surface area contributed by atoms with Crippen molar-refractivity contribution in [2.45, 2.75) is 83.3 Å². The fourth-order valence-corrected chi connectivity index (χ4v) is 4.18. The van der Waals surface area contributed by atoms with Crippen LogP contribution in [-0.4, -0.2) is 59.3 Å². The molecule has 176 valence electrons. The molecular weight excluding hydrogens is 396 g/mol. The zero-order chi connectivity index (χ0) is 22.5. The van der Waals surface area contributed by atoms with Gasteiger partial charge in [-0.25, -0.2) is 0 Å². The zero-order valence-electron chi connectivity index (χ0n) is 18.9. The van der Waals surface area contributed by atoms with E-state index in [2.05, 4.69) is 18.3 Å². The Morgan fingerprint density at radius 2 is 2.03 bits per heavy atom. The number of benzene rings is 1. The lowest BCUT2D eigenvalue weighted by atomic mass is 10.1. The highest BCUT2D eigenvalue weighted by molar-refractivity contribution is 5.66. The van der Waals surface area contributed by atoms with Crippen molar-refractivity contribution < 1.29 is 24.4 Å². The maximum absolute atomic E-state index is 13.2. The molecule has 0 spiro atoms. The minimum Gasteiger partial charge on any atom is -0.632 e. The van der Waals surface area contributed by atoms with Gasteiger partial charge in [0.1, 0.15) is 25.1 Å². The third-order valence-electron chi connectivity index (χ3n) is 6.15.